The van der Waals surface area contributed by atoms with Gasteiger partial charge in [0.25, 0.3) is 0 Å². The summed E-state index contributed by atoms with van der Waals surface area (Å²) in [6.07, 6.45) is 0. The fraction of sp³-hybridized carbons (Fsp3) is 0.778. The maximum absolute atomic E-state index is 11.0. The molecule has 6 heteroatoms. The van der Waals surface area contributed by atoms with Crippen molar-refractivity contribution in [2.24, 2.45) is 11.0 Å². The highest BCUT2D eigenvalue weighted by molar-refractivity contribution is 6.73. The van der Waals surface area contributed by atoms with Crippen LogP contribution in [-0.2, 0) is 4.79 Å². The first-order valence-electron chi connectivity index (χ1n) is 5.20. The first kappa shape index (κ1) is 12.2. The molecular formula is C9H20N4OSi. The third-order valence-corrected chi connectivity index (χ3v) is 3.69. The number of nitrogens with zero attached hydrogens (tertiary/aromatic N) is 2. The Balaban J connectivity index is 2.81. The Hall–Kier alpha value is -0.883. The van der Waals surface area contributed by atoms with E-state index in [2.05, 4.69) is 35.5 Å². The van der Waals surface area contributed by atoms with E-state index in [1.54, 1.807) is 0 Å². The summed E-state index contributed by atoms with van der Waals surface area (Å²) in [5.74, 6) is 0.961. The third kappa shape index (κ3) is 3.31. The van der Waals surface area contributed by atoms with Crippen molar-refractivity contribution in [3.05, 3.63) is 0 Å². The van der Waals surface area contributed by atoms with Crippen LogP contribution in [0, 0.1) is 5.92 Å². The molecule has 1 unspecified atom stereocenters. The molecule has 0 radical (unpaired) electrons. The van der Waals surface area contributed by atoms with Crippen molar-refractivity contribution in [1.29, 1.82) is 0 Å². The van der Waals surface area contributed by atoms with Crippen LogP contribution in [0.1, 0.15) is 13.8 Å². The van der Waals surface area contributed by atoms with E-state index in [1.165, 1.54) is 6.92 Å². The van der Waals surface area contributed by atoms with Crippen LogP contribution in [0.4, 0.5) is 0 Å². The van der Waals surface area contributed by atoms with E-state index in [0.717, 1.165) is 12.4 Å². The highest BCUT2D eigenvalue weighted by atomic mass is 28.3. The second kappa shape index (κ2) is 4.32. The summed E-state index contributed by atoms with van der Waals surface area (Å²) in [6, 6.07) is 0. The molecule has 0 aromatic heterocycles. The second-order valence-corrected chi connectivity index (χ2v) is 9.68. The molecule has 0 fully saturated rings. The van der Waals surface area contributed by atoms with Gasteiger partial charge in [0.15, 0.2) is 8.24 Å². The van der Waals surface area contributed by atoms with Crippen LogP contribution in [0.5, 0.6) is 0 Å². The maximum atomic E-state index is 11.0. The summed E-state index contributed by atoms with van der Waals surface area (Å²) in [7, 11) is -1.50. The van der Waals surface area contributed by atoms with Crippen LogP contribution in [0.25, 0.3) is 0 Å². The lowest BCUT2D eigenvalue weighted by Gasteiger charge is -2.37. The molecule has 1 rings (SSSR count). The lowest BCUT2D eigenvalue weighted by molar-refractivity contribution is -0.117. The van der Waals surface area contributed by atoms with Crippen LogP contribution >= 0.6 is 0 Å². The van der Waals surface area contributed by atoms with Crippen LogP contribution in [0.2, 0.25) is 19.6 Å². The zero-order valence-electron chi connectivity index (χ0n) is 10.1. The molecule has 1 amide bonds. The minimum Gasteiger partial charge on any atom is -0.313 e. The van der Waals surface area contributed by atoms with E-state index < -0.39 is 8.24 Å². The van der Waals surface area contributed by atoms with Gasteiger partial charge >= 0.3 is 0 Å². The Labute approximate surface area is 92.0 Å². The van der Waals surface area contributed by atoms with Crippen molar-refractivity contribution < 1.29 is 4.79 Å². The molecule has 86 valence electrons. The molecule has 0 spiro atoms. The van der Waals surface area contributed by atoms with E-state index in [1.807, 2.05) is 11.7 Å². The van der Waals surface area contributed by atoms with Crippen LogP contribution in [-0.4, -0.2) is 31.3 Å². The predicted molar refractivity (Wildman–Crippen MR) is 63.6 cm³/mol. The van der Waals surface area contributed by atoms with Crippen LogP contribution in [0.3, 0.4) is 0 Å². The number of hydrazine groups is 1. The first-order chi connectivity index (χ1) is 6.80. The number of carbonyl (C=O) groups excluding carboxylic acids is 1. The molecule has 0 aromatic carbocycles. The quantitative estimate of drug-likeness (QED) is 0.650. The second-order valence-electron chi connectivity index (χ2n) is 4.91. The number of hydrogen-bond donors (Lipinski definition) is 2. The fourth-order valence-corrected chi connectivity index (χ4v) is 2.25. The van der Waals surface area contributed by atoms with Gasteiger partial charge in [-0.1, -0.05) is 6.92 Å². The molecule has 2 N–H and O–H groups in total. The van der Waals surface area contributed by atoms with Gasteiger partial charge in [0, 0.05) is 19.4 Å². The molecule has 0 saturated carbocycles. The Morgan fingerprint density at radius 1 is 1.60 bits per heavy atom. The van der Waals surface area contributed by atoms with Gasteiger partial charge in [-0.15, -0.1) is 0 Å². The monoisotopic (exact) mass is 228 g/mol. The molecule has 1 atom stereocenters. The van der Waals surface area contributed by atoms with Gasteiger partial charge in [0.2, 0.25) is 5.91 Å². The van der Waals surface area contributed by atoms with E-state index in [-0.39, 0.29) is 11.8 Å². The zero-order valence-corrected chi connectivity index (χ0v) is 11.1. The summed E-state index contributed by atoms with van der Waals surface area (Å²) in [5, 5.41) is 7.23. The number of hydrazone groups is 1. The number of hydrogen-bond acceptors (Lipinski definition) is 4. The van der Waals surface area contributed by atoms with Crippen LogP contribution < -0.4 is 10.7 Å². The molecule has 0 aromatic rings. The van der Waals surface area contributed by atoms with Gasteiger partial charge in [0.1, 0.15) is 5.84 Å². The van der Waals surface area contributed by atoms with Crippen LogP contribution in [0.15, 0.2) is 5.10 Å². The molecule has 15 heavy (non-hydrogen) atoms. The predicted octanol–water partition coefficient (Wildman–Crippen LogP) is 0.727. The summed E-state index contributed by atoms with van der Waals surface area (Å²) >= 11 is 0. The number of amidine groups is 1. The van der Waals surface area contributed by atoms with Gasteiger partial charge < -0.3 is 5.32 Å². The first-order valence-corrected chi connectivity index (χ1v) is 8.65. The number of amides is 1. The minimum absolute atomic E-state index is 0.0574. The smallest absolute Gasteiger partial charge is 0.222 e. The molecule has 1 heterocycles. The van der Waals surface area contributed by atoms with Crippen molar-refractivity contribution in [2.75, 3.05) is 6.54 Å². The Bertz CT molecular complexity index is 284. The van der Waals surface area contributed by atoms with Gasteiger partial charge in [-0.05, 0) is 19.6 Å². The SMILES string of the molecule is CC(=O)NC1=NN([Si](C)(C)C)NCC1C. The molecule has 0 aliphatic carbocycles. The number of rotatable bonds is 1. The van der Waals surface area contributed by atoms with E-state index >= 15 is 0 Å². The van der Waals surface area contributed by atoms with Gasteiger partial charge in [-0.3, -0.25) is 9.58 Å². The van der Waals surface area contributed by atoms with E-state index in [9.17, 15) is 4.79 Å². The van der Waals surface area contributed by atoms with Gasteiger partial charge in [0.05, 0.1) is 0 Å². The molecule has 0 saturated heterocycles. The lowest BCUT2D eigenvalue weighted by Crippen LogP contribution is -2.57. The highest BCUT2D eigenvalue weighted by Gasteiger charge is 2.28. The summed E-state index contributed by atoms with van der Waals surface area (Å²) < 4.78 is 0. The number of carbonyl (C=O) groups is 1. The Morgan fingerprint density at radius 3 is 2.67 bits per heavy atom. The molecular weight excluding hydrogens is 208 g/mol. The molecule has 0 bridgehead atoms. The summed E-state index contributed by atoms with van der Waals surface area (Å²) in [6.45, 7) is 11.0. The summed E-state index contributed by atoms with van der Waals surface area (Å²) in [4.78, 5) is 12.9. The van der Waals surface area contributed by atoms with Crippen molar-refractivity contribution >= 4 is 20.0 Å². The lowest BCUT2D eigenvalue weighted by atomic mass is 10.1. The Morgan fingerprint density at radius 2 is 2.20 bits per heavy atom. The fourth-order valence-electron chi connectivity index (χ4n) is 1.28. The zero-order chi connectivity index (χ0) is 11.6. The normalized spacial score (nSPS) is 22.3. The summed E-state index contributed by atoms with van der Waals surface area (Å²) in [5.41, 5.74) is 3.27. The van der Waals surface area contributed by atoms with E-state index in [4.69, 9.17) is 0 Å². The standard InChI is InChI=1S/C9H20N4OSi/c1-7-6-10-13(15(3,4)5)12-9(7)11-8(2)14/h7,10H,6H2,1-5H3,(H,11,12,14). The van der Waals surface area contributed by atoms with Gasteiger partial charge in [-0.2, -0.15) is 5.10 Å². The van der Waals surface area contributed by atoms with Crippen molar-refractivity contribution in [3.8, 4) is 0 Å². The molecule has 5 nitrogen and oxygen atoms in total. The highest BCUT2D eigenvalue weighted by Crippen LogP contribution is 2.12. The number of nitrogens with one attached hydrogen (secondary N) is 2. The van der Waals surface area contributed by atoms with E-state index in [0.29, 0.717) is 0 Å². The maximum Gasteiger partial charge on any atom is 0.222 e. The topological polar surface area (TPSA) is 56.7 Å². The van der Waals surface area contributed by atoms with Gasteiger partial charge in [-0.25, -0.2) is 5.43 Å². The van der Waals surface area contributed by atoms with Crippen molar-refractivity contribution in [2.45, 2.75) is 33.5 Å². The minimum atomic E-state index is -1.50. The van der Waals surface area contributed by atoms with Crippen molar-refractivity contribution in [3.63, 3.8) is 0 Å². The average Bonchev–Trinajstić information content (AvgIpc) is 2.06. The third-order valence-electron chi connectivity index (χ3n) is 2.16. The molecule has 1 aliphatic rings. The molecule has 1 aliphatic heterocycles. The largest absolute Gasteiger partial charge is 0.313 e. The Kier molecular flexibility index (Phi) is 3.51. The average molecular weight is 228 g/mol. The van der Waals surface area contributed by atoms with Crippen molar-refractivity contribution in [1.82, 2.24) is 15.5 Å².